The van der Waals surface area contributed by atoms with Crippen LogP contribution < -0.4 is 0 Å². The van der Waals surface area contributed by atoms with E-state index in [2.05, 4.69) is 9.88 Å². The van der Waals surface area contributed by atoms with Gasteiger partial charge >= 0.3 is 5.97 Å². The van der Waals surface area contributed by atoms with Crippen LogP contribution in [0.25, 0.3) is 0 Å². The van der Waals surface area contributed by atoms with Gasteiger partial charge in [-0.3, -0.25) is 9.69 Å². The Morgan fingerprint density at radius 2 is 2.47 bits per heavy atom. The highest BCUT2D eigenvalue weighted by molar-refractivity contribution is 7.09. The monoisotopic (exact) mass is 254 g/mol. The van der Waals surface area contributed by atoms with Gasteiger partial charge in [0, 0.05) is 11.4 Å². The molecule has 1 aromatic rings. The molecule has 1 aliphatic rings. The number of thiazole rings is 1. The molecule has 0 radical (unpaired) electrons. The molecule has 1 saturated heterocycles. The van der Waals surface area contributed by atoms with Gasteiger partial charge in [-0.25, -0.2) is 4.98 Å². The van der Waals surface area contributed by atoms with Crippen molar-refractivity contribution < 1.29 is 9.90 Å². The zero-order valence-corrected chi connectivity index (χ0v) is 11.1. The summed E-state index contributed by atoms with van der Waals surface area (Å²) in [6.45, 7) is 5.54. The SMILES string of the molecule is Cc1ncsc1CCN1CCCC1(C)C(=O)O. The summed E-state index contributed by atoms with van der Waals surface area (Å²) >= 11 is 1.66. The van der Waals surface area contributed by atoms with E-state index in [-0.39, 0.29) is 0 Å². The second-order valence-corrected chi connectivity index (χ2v) is 5.72. The lowest BCUT2D eigenvalue weighted by molar-refractivity contribution is -0.148. The van der Waals surface area contributed by atoms with E-state index in [4.69, 9.17) is 0 Å². The Bertz CT molecular complexity index is 418. The van der Waals surface area contributed by atoms with Crippen LogP contribution in [0.4, 0.5) is 0 Å². The molecule has 1 aliphatic heterocycles. The third-order valence-electron chi connectivity index (χ3n) is 3.70. The summed E-state index contributed by atoms with van der Waals surface area (Å²) in [5.41, 5.74) is 2.26. The Hall–Kier alpha value is -0.940. The average molecular weight is 254 g/mol. The van der Waals surface area contributed by atoms with Crippen LogP contribution in [0.1, 0.15) is 30.3 Å². The fourth-order valence-corrected chi connectivity index (χ4v) is 3.19. The van der Waals surface area contributed by atoms with Gasteiger partial charge in [0.15, 0.2) is 0 Å². The first kappa shape index (κ1) is 12.5. The minimum atomic E-state index is -0.698. The van der Waals surface area contributed by atoms with Crippen LogP contribution in [-0.2, 0) is 11.2 Å². The predicted octanol–water partition coefficient (Wildman–Crippen LogP) is 1.93. The number of aliphatic carboxylic acids is 1. The summed E-state index contributed by atoms with van der Waals surface area (Å²) in [6, 6.07) is 0. The van der Waals surface area contributed by atoms with Crippen molar-refractivity contribution >= 4 is 17.3 Å². The predicted molar refractivity (Wildman–Crippen MR) is 67.4 cm³/mol. The summed E-state index contributed by atoms with van der Waals surface area (Å²) in [7, 11) is 0. The standard InChI is InChI=1S/C12H18N2O2S/c1-9-10(17-8-13-9)4-7-14-6-3-5-12(14,2)11(15)16/h8H,3-7H2,1-2H3,(H,15,16). The van der Waals surface area contributed by atoms with Crippen LogP contribution in [-0.4, -0.2) is 39.6 Å². The lowest BCUT2D eigenvalue weighted by atomic mass is 9.99. The van der Waals surface area contributed by atoms with Gasteiger partial charge in [-0.2, -0.15) is 0 Å². The minimum Gasteiger partial charge on any atom is -0.480 e. The van der Waals surface area contributed by atoms with Crippen LogP contribution >= 0.6 is 11.3 Å². The number of carboxylic acids is 1. The van der Waals surface area contributed by atoms with E-state index < -0.39 is 11.5 Å². The lowest BCUT2D eigenvalue weighted by Gasteiger charge is -2.30. The largest absolute Gasteiger partial charge is 0.480 e. The smallest absolute Gasteiger partial charge is 0.323 e. The number of nitrogens with zero attached hydrogens (tertiary/aromatic N) is 2. The summed E-state index contributed by atoms with van der Waals surface area (Å²) in [5, 5.41) is 9.30. The number of hydrogen-bond donors (Lipinski definition) is 1. The topological polar surface area (TPSA) is 53.4 Å². The van der Waals surface area contributed by atoms with Crippen LogP contribution in [0, 0.1) is 6.92 Å². The maximum Gasteiger partial charge on any atom is 0.323 e. The van der Waals surface area contributed by atoms with Gasteiger partial charge in [0.2, 0.25) is 0 Å². The molecule has 1 fully saturated rings. The Morgan fingerprint density at radius 3 is 3.06 bits per heavy atom. The van der Waals surface area contributed by atoms with Crippen molar-refractivity contribution in [2.24, 2.45) is 0 Å². The molecule has 94 valence electrons. The second-order valence-electron chi connectivity index (χ2n) is 4.78. The third kappa shape index (κ3) is 2.35. The Balaban J connectivity index is 2.00. The van der Waals surface area contributed by atoms with Crippen molar-refractivity contribution in [2.45, 2.75) is 38.6 Å². The first-order valence-electron chi connectivity index (χ1n) is 5.91. The number of carbonyl (C=O) groups is 1. The molecule has 0 aromatic carbocycles. The quantitative estimate of drug-likeness (QED) is 0.892. The van der Waals surface area contributed by atoms with Gasteiger partial charge < -0.3 is 5.11 Å². The molecule has 5 heteroatoms. The summed E-state index contributed by atoms with van der Waals surface area (Å²) in [5.74, 6) is -0.698. The second kappa shape index (κ2) is 4.74. The molecule has 0 bridgehead atoms. The molecule has 0 spiro atoms. The normalized spacial score (nSPS) is 25.3. The van der Waals surface area contributed by atoms with E-state index in [1.54, 1.807) is 11.3 Å². The fraction of sp³-hybridized carbons (Fsp3) is 0.667. The maximum absolute atomic E-state index is 11.3. The number of aryl methyl sites for hydroxylation is 1. The molecule has 4 nitrogen and oxygen atoms in total. The molecule has 0 aliphatic carbocycles. The van der Waals surface area contributed by atoms with E-state index in [9.17, 15) is 9.90 Å². The van der Waals surface area contributed by atoms with E-state index in [0.717, 1.165) is 38.0 Å². The zero-order valence-electron chi connectivity index (χ0n) is 10.3. The van der Waals surface area contributed by atoms with Gasteiger partial charge in [-0.1, -0.05) is 0 Å². The Labute approximate surface area is 105 Å². The number of likely N-dealkylation sites (tertiary alicyclic amines) is 1. The summed E-state index contributed by atoms with van der Waals surface area (Å²) < 4.78 is 0. The van der Waals surface area contributed by atoms with E-state index >= 15 is 0 Å². The van der Waals surface area contributed by atoms with Crippen molar-refractivity contribution in [3.8, 4) is 0 Å². The molecule has 1 N–H and O–H groups in total. The van der Waals surface area contributed by atoms with Gasteiger partial charge in [-0.05, 0) is 39.7 Å². The van der Waals surface area contributed by atoms with Crippen molar-refractivity contribution in [3.63, 3.8) is 0 Å². The Morgan fingerprint density at radius 1 is 1.71 bits per heavy atom. The van der Waals surface area contributed by atoms with Crippen molar-refractivity contribution in [2.75, 3.05) is 13.1 Å². The highest BCUT2D eigenvalue weighted by atomic mass is 32.1. The van der Waals surface area contributed by atoms with Crippen LogP contribution in [0.5, 0.6) is 0 Å². The van der Waals surface area contributed by atoms with Gasteiger partial charge in [0.1, 0.15) is 5.54 Å². The molecule has 17 heavy (non-hydrogen) atoms. The van der Waals surface area contributed by atoms with Gasteiger partial charge in [0.05, 0.1) is 11.2 Å². The molecule has 0 amide bonds. The minimum absolute atomic E-state index is 0.668. The highest BCUT2D eigenvalue weighted by Crippen LogP contribution is 2.29. The van der Waals surface area contributed by atoms with Crippen LogP contribution in [0.2, 0.25) is 0 Å². The number of hydrogen-bond acceptors (Lipinski definition) is 4. The number of carboxylic acid groups (broad SMARTS) is 1. The van der Waals surface area contributed by atoms with E-state index in [0.29, 0.717) is 0 Å². The first-order valence-corrected chi connectivity index (χ1v) is 6.79. The summed E-state index contributed by atoms with van der Waals surface area (Å²) in [6.07, 6.45) is 2.63. The molecule has 2 heterocycles. The van der Waals surface area contributed by atoms with E-state index in [1.165, 1.54) is 4.88 Å². The Kier molecular flexibility index (Phi) is 3.49. The summed E-state index contributed by atoms with van der Waals surface area (Å²) in [4.78, 5) is 18.9. The number of aromatic nitrogens is 1. The molecular weight excluding hydrogens is 236 g/mol. The first-order chi connectivity index (χ1) is 8.04. The van der Waals surface area contributed by atoms with Crippen LogP contribution in [0.15, 0.2) is 5.51 Å². The molecule has 1 unspecified atom stereocenters. The van der Waals surface area contributed by atoms with E-state index in [1.807, 2.05) is 19.4 Å². The molecule has 2 rings (SSSR count). The van der Waals surface area contributed by atoms with Gasteiger partial charge in [-0.15, -0.1) is 11.3 Å². The number of rotatable bonds is 4. The van der Waals surface area contributed by atoms with Crippen molar-refractivity contribution in [1.82, 2.24) is 9.88 Å². The molecule has 0 saturated carbocycles. The van der Waals surface area contributed by atoms with Gasteiger partial charge in [0.25, 0.3) is 0 Å². The molecular formula is C12H18N2O2S. The zero-order chi connectivity index (χ0) is 12.5. The van der Waals surface area contributed by atoms with Crippen molar-refractivity contribution in [3.05, 3.63) is 16.1 Å². The van der Waals surface area contributed by atoms with Crippen molar-refractivity contribution in [1.29, 1.82) is 0 Å². The van der Waals surface area contributed by atoms with Crippen LogP contribution in [0.3, 0.4) is 0 Å². The highest BCUT2D eigenvalue weighted by Gasteiger charge is 2.42. The maximum atomic E-state index is 11.3. The fourth-order valence-electron chi connectivity index (χ4n) is 2.42. The average Bonchev–Trinajstić information content (AvgIpc) is 2.83. The molecule has 1 aromatic heterocycles. The third-order valence-corrected chi connectivity index (χ3v) is 4.70. The lowest BCUT2D eigenvalue weighted by Crippen LogP contribution is -2.48. The molecule has 1 atom stereocenters.